The smallest absolute Gasteiger partial charge is 0.226 e. The topological polar surface area (TPSA) is 50.2 Å². The molecule has 5 nitrogen and oxygen atoms in total. The number of rotatable bonds is 5. The number of likely N-dealkylation sites (tertiary alicyclic amines) is 1. The van der Waals surface area contributed by atoms with E-state index in [9.17, 15) is 4.79 Å². The molecule has 2 atom stereocenters. The average molecular weight is 365 g/mol. The Morgan fingerprint density at radius 3 is 2.57 bits per heavy atom. The van der Waals surface area contributed by atoms with Gasteiger partial charge in [0.15, 0.2) is 0 Å². The molecule has 0 spiro atoms. The Balaban J connectivity index is 0.00000242. The molecule has 1 aromatic rings. The maximum Gasteiger partial charge on any atom is 0.226 e. The zero-order chi connectivity index (χ0) is 15.6. The Morgan fingerprint density at radius 1 is 1.39 bits per heavy atom. The molecule has 1 aromatic heterocycles. The van der Waals surface area contributed by atoms with E-state index in [2.05, 4.69) is 22.2 Å². The quantitative estimate of drug-likeness (QED) is 0.871. The third-order valence-electron chi connectivity index (χ3n) is 4.69. The molecule has 2 heterocycles. The fourth-order valence-corrected chi connectivity index (χ4v) is 3.36. The van der Waals surface area contributed by atoms with E-state index in [-0.39, 0.29) is 36.6 Å². The van der Waals surface area contributed by atoms with E-state index in [0.29, 0.717) is 6.04 Å². The summed E-state index contributed by atoms with van der Waals surface area (Å²) < 4.78 is 1.90. The van der Waals surface area contributed by atoms with Crippen LogP contribution in [0.5, 0.6) is 0 Å². The molecule has 0 bridgehead atoms. The summed E-state index contributed by atoms with van der Waals surface area (Å²) >= 11 is 0. The van der Waals surface area contributed by atoms with Gasteiger partial charge in [0.2, 0.25) is 5.91 Å². The van der Waals surface area contributed by atoms with E-state index in [4.69, 9.17) is 0 Å². The van der Waals surface area contributed by atoms with Gasteiger partial charge in [-0.25, -0.2) is 0 Å². The van der Waals surface area contributed by atoms with Gasteiger partial charge in [0.25, 0.3) is 0 Å². The van der Waals surface area contributed by atoms with Gasteiger partial charge in [-0.15, -0.1) is 24.8 Å². The van der Waals surface area contributed by atoms with Gasteiger partial charge >= 0.3 is 0 Å². The van der Waals surface area contributed by atoms with Crippen LogP contribution in [0.15, 0.2) is 0 Å². The Hall–Kier alpha value is -0.780. The van der Waals surface area contributed by atoms with Crippen LogP contribution in [0.2, 0.25) is 0 Å². The van der Waals surface area contributed by atoms with Crippen molar-refractivity contribution in [3.63, 3.8) is 0 Å². The predicted octanol–water partition coefficient (Wildman–Crippen LogP) is 2.27. The maximum atomic E-state index is 12.7. The van der Waals surface area contributed by atoms with Crippen LogP contribution in [-0.4, -0.2) is 46.8 Å². The molecule has 0 aromatic carbocycles. The summed E-state index contributed by atoms with van der Waals surface area (Å²) in [4.78, 5) is 14.8. The fraction of sp³-hybridized carbons (Fsp3) is 0.750. The highest BCUT2D eigenvalue weighted by Crippen LogP contribution is 2.23. The molecule has 7 heteroatoms. The zero-order valence-corrected chi connectivity index (χ0v) is 16.4. The molecule has 2 rings (SSSR count). The molecule has 23 heavy (non-hydrogen) atoms. The lowest BCUT2D eigenvalue weighted by Crippen LogP contribution is -2.43. The van der Waals surface area contributed by atoms with Crippen LogP contribution in [0.25, 0.3) is 0 Å². The second-order valence-electron chi connectivity index (χ2n) is 6.26. The summed E-state index contributed by atoms with van der Waals surface area (Å²) in [5, 5.41) is 7.64. The molecule has 1 N–H and O–H groups in total. The normalized spacial score (nSPS) is 18.3. The molecule has 0 saturated carbocycles. The van der Waals surface area contributed by atoms with Gasteiger partial charge in [-0.2, -0.15) is 5.10 Å². The van der Waals surface area contributed by atoms with Gasteiger partial charge in [-0.3, -0.25) is 9.48 Å². The van der Waals surface area contributed by atoms with Crippen molar-refractivity contribution in [3.05, 3.63) is 17.0 Å². The van der Waals surface area contributed by atoms with Gasteiger partial charge in [0, 0.05) is 37.8 Å². The Labute approximate surface area is 152 Å². The summed E-state index contributed by atoms with van der Waals surface area (Å²) in [5.41, 5.74) is 3.44. The molecule has 0 aliphatic carbocycles. The van der Waals surface area contributed by atoms with Crippen LogP contribution in [-0.2, 0) is 18.3 Å². The number of nitrogens with zero attached hydrogens (tertiary/aromatic N) is 3. The highest BCUT2D eigenvalue weighted by molar-refractivity contribution is 5.85. The first-order chi connectivity index (χ1) is 9.95. The third kappa shape index (κ3) is 4.85. The number of halogens is 2. The summed E-state index contributed by atoms with van der Waals surface area (Å²) in [6.07, 6.45) is 3.02. The van der Waals surface area contributed by atoms with Crippen LogP contribution in [0.4, 0.5) is 0 Å². The summed E-state index contributed by atoms with van der Waals surface area (Å²) in [7, 11) is 3.91. The lowest BCUT2D eigenvalue weighted by Gasteiger charge is -2.27. The van der Waals surface area contributed by atoms with Gasteiger partial charge < -0.3 is 10.2 Å². The average Bonchev–Trinajstić information content (AvgIpc) is 2.99. The SMILES string of the molecule is CNCC1CCCN1C(=O)C(C)Cc1c(C)nn(C)c1C.Cl.Cl. The van der Waals surface area contributed by atoms with Crippen molar-refractivity contribution in [2.45, 2.75) is 46.1 Å². The van der Waals surface area contributed by atoms with E-state index in [1.165, 1.54) is 11.3 Å². The summed E-state index contributed by atoms with van der Waals surface area (Å²) in [6, 6.07) is 0.362. The van der Waals surface area contributed by atoms with E-state index in [0.717, 1.165) is 38.0 Å². The van der Waals surface area contributed by atoms with Gasteiger partial charge in [-0.05, 0) is 45.7 Å². The number of aryl methyl sites for hydroxylation is 2. The van der Waals surface area contributed by atoms with Crippen molar-refractivity contribution in [2.75, 3.05) is 20.1 Å². The molecule has 1 aliphatic rings. The highest BCUT2D eigenvalue weighted by Gasteiger charge is 2.31. The number of aromatic nitrogens is 2. The van der Waals surface area contributed by atoms with E-state index < -0.39 is 0 Å². The lowest BCUT2D eigenvalue weighted by molar-refractivity contribution is -0.135. The molecule has 134 valence electrons. The summed E-state index contributed by atoms with van der Waals surface area (Å²) in [6.45, 7) is 7.94. The van der Waals surface area contributed by atoms with Gasteiger partial charge in [-0.1, -0.05) is 6.92 Å². The molecule has 0 radical (unpaired) electrons. The fourth-order valence-electron chi connectivity index (χ4n) is 3.36. The van der Waals surface area contributed by atoms with Crippen molar-refractivity contribution >= 4 is 30.7 Å². The van der Waals surface area contributed by atoms with Crippen molar-refractivity contribution in [1.82, 2.24) is 20.0 Å². The van der Waals surface area contributed by atoms with E-state index >= 15 is 0 Å². The lowest BCUT2D eigenvalue weighted by atomic mass is 9.98. The van der Waals surface area contributed by atoms with Crippen molar-refractivity contribution in [2.24, 2.45) is 13.0 Å². The molecular formula is C16H30Cl2N4O. The Bertz CT molecular complexity index is 518. The molecule has 1 fully saturated rings. The largest absolute Gasteiger partial charge is 0.338 e. The monoisotopic (exact) mass is 364 g/mol. The maximum absolute atomic E-state index is 12.7. The number of hydrogen-bond donors (Lipinski definition) is 1. The highest BCUT2D eigenvalue weighted by atomic mass is 35.5. The summed E-state index contributed by atoms with van der Waals surface area (Å²) in [5.74, 6) is 0.305. The minimum absolute atomic E-state index is 0. The van der Waals surface area contributed by atoms with Crippen molar-refractivity contribution in [1.29, 1.82) is 0 Å². The first-order valence-electron chi connectivity index (χ1n) is 7.89. The van der Waals surface area contributed by atoms with E-state index in [1.54, 1.807) is 0 Å². The number of carbonyl (C=O) groups is 1. The second-order valence-corrected chi connectivity index (χ2v) is 6.26. The number of nitrogens with one attached hydrogen (secondary N) is 1. The molecule has 1 amide bonds. The van der Waals surface area contributed by atoms with Crippen molar-refractivity contribution < 1.29 is 4.79 Å². The standard InChI is InChI=1S/C16H28N4O.2ClH/c1-11(9-15-12(2)18-19(5)13(15)3)16(21)20-8-6-7-14(20)10-17-4;;/h11,14,17H,6-10H2,1-5H3;2*1H. The Morgan fingerprint density at radius 2 is 2.04 bits per heavy atom. The predicted molar refractivity (Wildman–Crippen MR) is 98.7 cm³/mol. The van der Waals surface area contributed by atoms with Gasteiger partial charge in [0.05, 0.1) is 5.69 Å². The Kier molecular flexibility index (Phi) is 9.18. The third-order valence-corrected chi connectivity index (χ3v) is 4.69. The number of amides is 1. The van der Waals surface area contributed by atoms with Crippen molar-refractivity contribution in [3.8, 4) is 0 Å². The molecule has 2 unspecified atom stereocenters. The van der Waals surface area contributed by atoms with Crippen LogP contribution in [0, 0.1) is 19.8 Å². The minimum atomic E-state index is 0. The minimum Gasteiger partial charge on any atom is -0.338 e. The number of hydrogen-bond acceptors (Lipinski definition) is 3. The zero-order valence-electron chi connectivity index (χ0n) is 14.8. The van der Waals surface area contributed by atoms with Crippen LogP contribution in [0.3, 0.4) is 0 Å². The van der Waals surface area contributed by atoms with Crippen LogP contribution >= 0.6 is 24.8 Å². The first kappa shape index (κ1) is 22.2. The second kappa shape index (κ2) is 9.50. The molecule has 1 saturated heterocycles. The molecular weight excluding hydrogens is 335 g/mol. The van der Waals surface area contributed by atoms with Crippen LogP contribution in [0.1, 0.15) is 36.7 Å². The number of likely N-dealkylation sites (N-methyl/N-ethyl adjacent to an activating group) is 1. The first-order valence-corrected chi connectivity index (χ1v) is 7.89. The molecule has 1 aliphatic heterocycles. The van der Waals surface area contributed by atoms with E-state index in [1.807, 2.05) is 32.6 Å². The number of carbonyl (C=O) groups excluding carboxylic acids is 1. The van der Waals surface area contributed by atoms with Gasteiger partial charge in [0.1, 0.15) is 0 Å². The van der Waals surface area contributed by atoms with Crippen LogP contribution < -0.4 is 5.32 Å².